The molecule has 3 N–H and O–H groups in total. The first-order valence-electron chi connectivity index (χ1n) is 6.49. The predicted molar refractivity (Wildman–Crippen MR) is 77.5 cm³/mol. The number of carbonyl (C=O) groups is 1. The Bertz CT molecular complexity index is 622. The lowest BCUT2D eigenvalue weighted by molar-refractivity contribution is 0.204. The van der Waals surface area contributed by atoms with E-state index in [0.29, 0.717) is 0 Å². The number of carbonyl (C=O) groups excluding carboxylic acids is 1. The van der Waals surface area contributed by atoms with Gasteiger partial charge in [0.15, 0.2) is 0 Å². The molecule has 0 bridgehead atoms. The number of hydrogen-bond donors (Lipinski definition) is 3. The fourth-order valence-corrected chi connectivity index (χ4v) is 2.29. The molecule has 0 unspecified atom stereocenters. The molecule has 1 rings (SSSR count). The van der Waals surface area contributed by atoms with Crippen molar-refractivity contribution >= 4 is 21.6 Å². The maximum Gasteiger partial charge on any atom is 0.341 e. The zero-order valence-electron chi connectivity index (χ0n) is 12.1. The van der Waals surface area contributed by atoms with Crippen LogP contribution >= 0.6 is 0 Å². The van der Waals surface area contributed by atoms with Gasteiger partial charge in [0.2, 0.25) is 9.84 Å². The zero-order valence-corrected chi connectivity index (χ0v) is 12.9. The predicted octanol–water partition coefficient (Wildman–Crippen LogP) is 1.82. The molecule has 1 aromatic carbocycles. The second-order valence-corrected chi connectivity index (χ2v) is 6.80. The highest BCUT2D eigenvalue weighted by Gasteiger charge is 2.26. The van der Waals surface area contributed by atoms with Crippen LogP contribution in [0.4, 0.5) is 19.3 Å². The fourth-order valence-electron chi connectivity index (χ4n) is 1.53. The number of anilines is 1. The van der Waals surface area contributed by atoms with E-state index in [1.807, 2.05) is 0 Å². The SMILES string of the molecule is C[C@H](CO)[C@H](C)NC(=O)Nc1cccc(S(=O)(=O)C(F)F)c1. The summed E-state index contributed by atoms with van der Waals surface area (Å²) in [5.41, 5.74) is 0.0723. The second kappa shape index (κ2) is 7.50. The van der Waals surface area contributed by atoms with E-state index in [-0.39, 0.29) is 24.3 Å². The number of sulfone groups is 1. The van der Waals surface area contributed by atoms with Gasteiger partial charge < -0.3 is 15.7 Å². The highest BCUT2D eigenvalue weighted by molar-refractivity contribution is 7.91. The maximum absolute atomic E-state index is 12.5. The molecule has 0 aliphatic rings. The van der Waals surface area contributed by atoms with Crippen LogP contribution in [0.2, 0.25) is 0 Å². The van der Waals surface area contributed by atoms with E-state index >= 15 is 0 Å². The third-order valence-electron chi connectivity index (χ3n) is 3.16. The first kappa shape index (κ1) is 18.3. The molecule has 0 saturated carbocycles. The second-order valence-electron chi connectivity index (χ2n) is 4.88. The Morgan fingerprint density at radius 2 is 1.95 bits per heavy atom. The number of alkyl halides is 2. The number of aliphatic hydroxyl groups is 1. The summed E-state index contributed by atoms with van der Waals surface area (Å²) in [4.78, 5) is 11.2. The van der Waals surface area contributed by atoms with Crippen LogP contribution in [0.5, 0.6) is 0 Å². The molecule has 9 heteroatoms. The molecule has 6 nitrogen and oxygen atoms in total. The van der Waals surface area contributed by atoms with Gasteiger partial charge in [-0.2, -0.15) is 8.78 Å². The topological polar surface area (TPSA) is 95.5 Å². The fraction of sp³-hybridized carbons (Fsp3) is 0.462. The van der Waals surface area contributed by atoms with Crippen LogP contribution in [0.25, 0.3) is 0 Å². The Labute approximate surface area is 127 Å². The standard InChI is InChI=1S/C13H18F2N2O4S/c1-8(7-18)9(2)16-13(19)17-10-4-3-5-11(6-10)22(20,21)12(14)15/h3-6,8-9,12,18H,7H2,1-2H3,(H2,16,17,19)/t8-,9+/m1/s1. The molecule has 2 atom stereocenters. The van der Waals surface area contributed by atoms with Crippen molar-refractivity contribution < 1.29 is 27.1 Å². The van der Waals surface area contributed by atoms with E-state index < -0.39 is 26.5 Å². The summed E-state index contributed by atoms with van der Waals surface area (Å²) in [7, 11) is -4.71. The average molecular weight is 336 g/mol. The number of amides is 2. The molecule has 0 aromatic heterocycles. The quantitative estimate of drug-likeness (QED) is 0.738. The van der Waals surface area contributed by atoms with Crippen LogP contribution in [0, 0.1) is 5.92 Å². The molecular formula is C13H18F2N2O4S. The molecule has 0 aliphatic heterocycles. The van der Waals surface area contributed by atoms with Crippen molar-refractivity contribution in [3.05, 3.63) is 24.3 Å². The number of rotatable bonds is 6. The van der Waals surface area contributed by atoms with E-state index in [0.717, 1.165) is 12.1 Å². The lowest BCUT2D eigenvalue weighted by Gasteiger charge is -2.19. The molecule has 0 spiro atoms. The van der Waals surface area contributed by atoms with Gasteiger partial charge in [0.25, 0.3) is 0 Å². The number of hydrogen-bond acceptors (Lipinski definition) is 4. The van der Waals surface area contributed by atoms with Crippen LogP contribution in [-0.4, -0.2) is 38.0 Å². The van der Waals surface area contributed by atoms with Crippen LogP contribution < -0.4 is 10.6 Å². The molecule has 0 saturated heterocycles. The molecule has 0 fully saturated rings. The summed E-state index contributed by atoms with van der Waals surface area (Å²) in [5, 5.41) is 13.9. The largest absolute Gasteiger partial charge is 0.396 e. The van der Waals surface area contributed by atoms with Crippen molar-refractivity contribution in [1.82, 2.24) is 5.32 Å². The van der Waals surface area contributed by atoms with Gasteiger partial charge in [-0.05, 0) is 31.0 Å². The van der Waals surface area contributed by atoms with E-state index in [1.165, 1.54) is 12.1 Å². The number of urea groups is 1. The van der Waals surface area contributed by atoms with Crippen molar-refractivity contribution in [2.24, 2.45) is 5.92 Å². The molecular weight excluding hydrogens is 318 g/mol. The van der Waals surface area contributed by atoms with Crippen LogP contribution in [-0.2, 0) is 9.84 Å². The summed E-state index contributed by atoms with van der Waals surface area (Å²) in [6, 6.07) is 3.68. The molecule has 22 heavy (non-hydrogen) atoms. The van der Waals surface area contributed by atoms with Crippen molar-refractivity contribution in [3.8, 4) is 0 Å². The van der Waals surface area contributed by atoms with Crippen LogP contribution in [0.15, 0.2) is 29.2 Å². The van der Waals surface area contributed by atoms with Gasteiger partial charge in [-0.3, -0.25) is 0 Å². The maximum atomic E-state index is 12.5. The average Bonchev–Trinajstić information content (AvgIpc) is 2.46. The Morgan fingerprint density at radius 1 is 1.32 bits per heavy atom. The van der Waals surface area contributed by atoms with Gasteiger partial charge >= 0.3 is 11.8 Å². The normalized spacial score (nSPS) is 14.5. The monoisotopic (exact) mass is 336 g/mol. The van der Waals surface area contributed by atoms with E-state index in [9.17, 15) is 22.0 Å². The first-order chi connectivity index (χ1) is 10.2. The Hall–Kier alpha value is -1.74. The smallest absolute Gasteiger partial charge is 0.341 e. The number of nitrogens with one attached hydrogen (secondary N) is 2. The lowest BCUT2D eigenvalue weighted by Crippen LogP contribution is -2.40. The molecule has 0 radical (unpaired) electrons. The van der Waals surface area contributed by atoms with Gasteiger partial charge in [-0.1, -0.05) is 13.0 Å². The number of aliphatic hydroxyl groups excluding tert-OH is 1. The number of benzene rings is 1. The minimum Gasteiger partial charge on any atom is -0.396 e. The van der Waals surface area contributed by atoms with Gasteiger partial charge in [-0.15, -0.1) is 0 Å². The summed E-state index contributed by atoms with van der Waals surface area (Å²) >= 11 is 0. The van der Waals surface area contributed by atoms with E-state index in [4.69, 9.17) is 5.11 Å². The van der Waals surface area contributed by atoms with Crippen molar-refractivity contribution in [3.63, 3.8) is 0 Å². The van der Waals surface area contributed by atoms with Gasteiger partial charge in [0.05, 0.1) is 4.90 Å². The Morgan fingerprint density at radius 3 is 2.50 bits per heavy atom. The summed E-state index contributed by atoms with van der Waals surface area (Å²) in [6.45, 7) is 3.32. The zero-order chi connectivity index (χ0) is 16.9. The van der Waals surface area contributed by atoms with Crippen molar-refractivity contribution in [2.45, 2.75) is 30.5 Å². The minimum absolute atomic E-state index is 0.0723. The summed E-state index contributed by atoms with van der Waals surface area (Å²) in [5.74, 6) is -3.70. The van der Waals surface area contributed by atoms with Crippen molar-refractivity contribution in [2.75, 3.05) is 11.9 Å². The lowest BCUT2D eigenvalue weighted by atomic mass is 10.1. The van der Waals surface area contributed by atoms with Gasteiger partial charge in [0, 0.05) is 18.3 Å². The van der Waals surface area contributed by atoms with Crippen LogP contribution in [0.3, 0.4) is 0 Å². The third kappa shape index (κ3) is 4.63. The minimum atomic E-state index is -4.71. The molecule has 1 aromatic rings. The highest BCUT2D eigenvalue weighted by atomic mass is 32.2. The van der Waals surface area contributed by atoms with Gasteiger partial charge in [-0.25, -0.2) is 13.2 Å². The third-order valence-corrected chi connectivity index (χ3v) is 4.54. The number of halogens is 2. The summed E-state index contributed by atoms with van der Waals surface area (Å²) in [6.07, 6.45) is 0. The summed E-state index contributed by atoms with van der Waals surface area (Å²) < 4.78 is 47.7. The first-order valence-corrected chi connectivity index (χ1v) is 8.03. The Balaban J connectivity index is 2.82. The van der Waals surface area contributed by atoms with Crippen molar-refractivity contribution in [1.29, 1.82) is 0 Å². The highest BCUT2D eigenvalue weighted by Crippen LogP contribution is 2.21. The molecule has 2 amide bonds. The molecule has 0 aliphatic carbocycles. The van der Waals surface area contributed by atoms with Crippen LogP contribution in [0.1, 0.15) is 13.8 Å². The van der Waals surface area contributed by atoms with Gasteiger partial charge in [0.1, 0.15) is 0 Å². The molecule has 124 valence electrons. The molecule has 0 heterocycles. The Kier molecular flexibility index (Phi) is 6.24. The van der Waals surface area contributed by atoms with E-state index in [2.05, 4.69) is 10.6 Å². The van der Waals surface area contributed by atoms with E-state index in [1.54, 1.807) is 13.8 Å².